The molecule has 38 heavy (non-hydrogen) atoms. The van der Waals surface area contributed by atoms with E-state index in [1.807, 2.05) is 30.3 Å². The topological polar surface area (TPSA) is 123 Å². The molecule has 1 atom stereocenters. The van der Waals surface area contributed by atoms with E-state index >= 15 is 0 Å². The van der Waals surface area contributed by atoms with E-state index in [9.17, 15) is 14.4 Å². The monoisotopic (exact) mass is 511 g/mol. The van der Waals surface area contributed by atoms with E-state index in [1.165, 1.54) is 0 Å². The molecule has 1 amide bonds. The Kier molecular flexibility index (Phi) is 8.33. The van der Waals surface area contributed by atoms with Gasteiger partial charge in [0.2, 0.25) is 5.91 Å². The molecule has 1 saturated heterocycles. The average molecular weight is 512 g/mol. The van der Waals surface area contributed by atoms with Crippen LogP contribution in [0.2, 0.25) is 0 Å². The van der Waals surface area contributed by atoms with Crippen LogP contribution in [-0.2, 0) is 20.9 Å². The third-order valence-electron chi connectivity index (χ3n) is 6.25. The number of esters is 2. The van der Waals surface area contributed by atoms with E-state index < -0.39 is 18.0 Å². The van der Waals surface area contributed by atoms with Crippen molar-refractivity contribution in [3.8, 4) is 5.75 Å². The molecule has 0 unspecified atom stereocenters. The van der Waals surface area contributed by atoms with Crippen LogP contribution in [0.5, 0.6) is 5.75 Å². The summed E-state index contributed by atoms with van der Waals surface area (Å²) in [6.45, 7) is 2.37. The fraction of sp³-hybridized carbons (Fsp3) is 0.200. The average Bonchev–Trinajstić information content (AvgIpc) is 3.42. The lowest BCUT2D eigenvalue weighted by Crippen LogP contribution is -2.41. The van der Waals surface area contributed by atoms with Gasteiger partial charge in [-0.15, -0.1) is 0 Å². The lowest BCUT2D eigenvalue weighted by atomic mass is 10.1. The Bertz CT molecular complexity index is 1350. The van der Waals surface area contributed by atoms with Crippen molar-refractivity contribution in [1.82, 2.24) is 4.90 Å². The molecule has 1 heterocycles. The summed E-state index contributed by atoms with van der Waals surface area (Å²) in [6, 6.07) is 21.9. The molecule has 1 aliphatic heterocycles. The van der Waals surface area contributed by atoms with Crippen LogP contribution in [0.25, 0.3) is 6.08 Å². The van der Waals surface area contributed by atoms with E-state index in [1.54, 1.807) is 66.4 Å². The number of hydrogen-bond acceptors (Lipinski definition) is 6. The number of amides is 1. The van der Waals surface area contributed by atoms with Gasteiger partial charge in [-0.3, -0.25) is 10.2 Å². The number of likely N-dealkylation sites (tertiary alicyclic amines) is 1. The third-order valence-corrected chi connectivity index (χ3v) is 6.25. The first-order valence-corrected chi connectivity index (χ1v) is 12.3. The van der Waals surface area contributed by atoms with Gasteiger partial charge >= 0.3 is 11.9 Å². The maximum atomic E-state index is 13.1. The minimum Gasteiger partial charge on any atom is -0.459 e. The van der Waals surface area contributed by atoms with Crippen LogP contribution >= 0.6 is 0 Å². The fourth-order valence-electron chi connectivity index (χ4n) is 4.20. The normalized spacial score (nSPS) is 15.1. The highest BCUT2D eigenvalue weighted by Gasteiger charge is 2.35. The zero-order valence-electron chi connectivity index (χ0n) is 21.1. The van der Waals surface area contributed by atoms with Crippen LogP contribution in [0.1, 0.15) is 46.8 Å². The summed E-state index contributed by atoms with van der Waals surface area (Å²) in [5, 5.41) is 7.42. The Balaban J connectivity index is 1.36. The highest BCUT2D eigenvalue weighted by atomic mass is 16.5. The molecule has 8 nitrogen and oxygen atoms in total. The second kappa shape index (κ2) is 12.0. The highest BCUT2D eigenvalue weighted by molar-refractivity contribution is 6.00. The van der Waals surface area contributed by atoms with Crippen molar-refractivity contribution in [3.05, 3.63) is 107 Å². The van der Waals surface area contributed by atoms with E-state index in [0.717, 1.165) is 17.5 Å². The lowest BCUT2D eigenvalue weighted by molar-refractivity contribution is -0.153. The molecular weight excluding hydrogens is 482 g/mol. The van der Waals surface area contributed by atoms with Gasteiger partial charge in [0.15, 0.2) is 0 Å². The number of rotatable bonds is 8. The summed E-state index contributed by atoms with van der Waals surface area (Å²) in [5.41, 5.74) is 8.44. The lowest BCUT2D eigenvalue weighted by Gasteiger charge is -2.23. The van der Waals surface area contributed by atoms with Crippen LogP contribution < -0.4 is 10.5 Å². The van der Waals surface area contributed by atoms with Crippen molar-refractivity contribution in [2.45, 2.75) is 32.4 Å². The molecule has 3 aromatic rings. The molecule has 3 N–H and O–H groups in total. The Morgan fingerprint density at radius 1 is 0.974 bits per heavy atom. The Morgan fingerprint density at radius 3 is 2.29 bits per heavy atom. The van der Waals surface area contributed by atoms with Crippen molar-refractivity contribution in [3.63, 3.8) is 0 Å². The summed E-state index contributed by atoms with van der Waals surface area (Å²) in [7, 11) is 0. The van der Waals surface area contributed by atoms with E-state index in [2.05, 4.69) is 0 Å². The maximum Gasteiger partial charge on any atom is 0.343 e. The van der Waals surface area contributed by atoms with Gasteiger partial charge in [0.25, 0.3) is 0 Å². The van der Waals surface area contributed by atoms with Crippen LogP contribution in [0.15, 0.2) is 84.4 Å². The molecule has 1 fully saturated rings. The molecule has 0 radical (unpaired) electrons. The number of nitrogens with zero attached hydrogens (tertiary/aromatic N) is 1. The molecule has 0 aromatic heterocycles. The van der Waals surface area contributed by atoms with Crippen LogP contribution in [0.4, 0.5) is 0 Å². The second-order valence-electron chi connectivity index (χ2n) is 9.03. The minimum atomic E-state index is -0.601. The summed E-state index contributed by atoms with van der Waals surface area (Å²) < 4.78 is 10.8. The van der Waals surface area contributed by atoms with Crippen LogP contribution in [0, 0.1) is 5.41 Å². The molecule has 194 valence electrons. The number of nitrogens with one attached hydrogen (secondary N) is 1. The fourth-order valence-corrected chi connectivity index (χ4v) is 4.20. The first-order valence-electron chi connectivity index (χ1n) is 12.3. The first-order chi connectivity index (χ1) is 18.3. The number of hydrogen-bond donors (Lipinski definition) is 2. The quantitative estimate of drug-likeness (QED) is 0.153. The van der Waals surface area contributed by atoms with Gasteiger partial charge in [-0.25, -0.2) is 9.59 Å². The Morgan fingerprint density at radius 2 is 1.63 bits per heavy atom. The zero-order valence-corrected chi connectivity index (χ0v) is 21.1. The summed E-state index contributed by atoms with van der Waals surface area (Å²) in [6.07, 6.45) is 3.03. The summed E-state index contributed by atoms with van der Waals surface area (Å²) in [4.78, 5) is 39.9. The Hall–Kier alpha value is -4.72. The van der Waals surface area contributed by atoms with Gasteiger partial charge < -0.3 is 20.1 Å². The number of benzene rings is 3. The van der Waals surface area contributed by atoms with Gasteiger partial charge in [0.1, 0.15) is 24.2 Å². The third kappa shape index (κ3) is 6.53. The largest absolute Gasteiger partial charge is 0.459 e. The SMILES string of the molecule is C/C(=C\c1ccc(C(=O)Oc2ccc(C(=N)N)cc2)cc1)C(=O)N1CCC[C@H]1C(=O)OCc1ccccc1. The number of nitrogen functional groups attached to an aromatic ring is 1. The van der Waals surface area contributed by atoms with Gasteiger partial charge in [0, 0.05) is 17.7 Å². The van der Waals surface area contributed by atoms with Crippen molar-refractivity contribution in [2.24, 2.45) is 5.73 Å². The van der Waals surface area contributed by atoms with Crippen molar-refractivity contribution in [2.75, 3.05) is 6.54 Å². The molecule has 8 heteroatoms. The Labute approximate surface area is 221 Å². The van der Waals surface area contributed by atoms with Crippen molar-refractivity contribution >= 4 is 29.8 Å². The number of nitrogens with two attached hydrogens (primary N) is 1. The first kappa shape index (κ1) is 26.3. The number of amidine groups is 1. The predicted molar refractivity (Wildman–Crippen MR) is 143 cm³/mol. The molecule has 0 spiro atoms. The second-order valence-corrected chi connectivity index (χ2v) is 9.03. The molecule has 3 aromatic carbocycles. The molecule has 0 bridgehead atoms. The molecule has 0 saturated carbocycles. The van der Waals surface area contributed by atoms with Gasteiger partial charge in [-0.05, 0) is 73.4 Å². The summed E-state index contributed by atoms with van der Waals surface area (Å²) in [5.74, 6) is -0.873. The van der Waals surface area contributed by atoms with Crippen LogP contribution in [-0.4, -0.2) is 41.2 Å². The zero-order chi connectivity index (χ0) is 27.1. The molecule has 1 aliphatic rings. The van der Waals surface area contributed by atoms with E-state index in [0.29, 0.717) is 35.4 Å². The van der Waals surface area contributed by atoms with E-state index in [-0.39, 0.29) is 18.3 Å². The maximum absolute atomic E-state index is 13.1. The van der Waals surface area contributed by atoms with Gasteiger partial charge in [-0.2, -0.15) is 0 Å². The highest BCUT2D eigenvalue weighted by Crippen LogP contribution is 2.23. The number of carbonyl (C=O) groups excluding carboxylic acids is 3. The number of ether oxygens (including phenoxy) is 2. The van der Waals surface area contributed by atoms with Crippen molar-refractivity contribution in [1.29, 1.82) is 5.41 Å². The van der Waals surface area contributed by atoms with Gasteiger partial charge in [0.05, 0.1) is 5.56 Å². The van der Waals surface area contributed by atoms with Crippen LogP contribution in [0.3, 0.4) is 0 Å². The standard InChI is InChI=1S/C30H29N3O5/c1-20(28(34)33-17-5-8-26(33)30(36)37-19-22-6-3-2-4-7-22)18-21-9-11-24(12-10-21)29(35)38-25-15-13-23(14-16-25)27(31)32/h2-4,6-7,9-16,18,26H,5,8,17,19H2,1H3,(H3,31,32)/b20-18+/t26-/m0/s1. The number of carbonyl (C=O) groups is 3. The molecule has 4 rings (SSSR count). The van der Waals surface area contributed by atoms with Crippen molar-refractivity contribution < 1.29 is 23.9 Å². The van der Waals surface area contributed by atoms with Gasteiger partial charge in [-0.1, -0.05) is 42.5 Å². The summed E-state index contributed by atoms with van der Waals surface area (Å²) >= 11 is 0. The van der Waals surface area contributed by atoms with E-state index in [4.69, 9.17) is 20.6 Å². The smallest absolute Gasteiger partial charge is 0.343 e. The molecule has 0 aliphatic carbocycles. The predicted octanol–water partition coefficient (Wildman–Crippen LogP) is 4.33. The molecular formula is C30H29N3O5. The minimum absolute atomic E-state index is 0.0662.